The second-order valence-electron chi connectivity index (χ2n) is 14.8. The Balaban J connectivity index is 0.864. The van der Waals surface area contributed by atoms with Crippen LogP contribution in [0.5, 0.6) is 11.5 Å². The Morgan fingerprint density at radius 2 is 1.66 bits per heavy atom. The van der Waals surface area contributed by atoms with E-state index in [0.717, 1.165) is 34.9 Å². The monoisotopic (exact) mass is 768 g/mol. The number of imide groups is 1. The molecule has 17 heteroatoms. The van der Waals surface area contributed by atoms with Gasteiger partial charge in [-0.2, -0.15) is 10.2 Å². The molecule has 6 heterocycles. The van der Waals surface area contributed by atoms with E-state index in [1.165, 1.54) is 4.90 Å². The minimum atomic E-state index is -0.575. The van der Waals surface area contributed by atoms with Crippen molar-refractivity contribution in [1.82, 2.24) is 39.7 Å². The topological polar surface area (TPSA) is 163 Å². The molecule has 0 spiro atoms. The van der Waals surface area contributed by atoms with Crippen LogP contribution in [0.2, 0.25) is 0 Å². The summed E-state index contributed by atoms with van der Waals surface area (Å²) in [4.78, 5) is 57.8. The number of pyridine rings is 1. The molecule has 0 radical (unpaired) electrons. The summed E-state index contributed by atoms with van der Waals surface area (Å²) in [6, 6.07) is 6.83. The lowest BCUT2D eigenvalue weighted by molar-refractivity contribution is -0.134. The van der Waals surface area contributed by atoms with E-state index < -0.39 is 11.8 Å². The van der Waals surface area contributed by atoms with Crippen molar-refractivity contribution in [1.29, 1.82) is 0 Å². The Bertz CT molecular complexity index is 2380. The van der Waals surface area contributed by atoms with Crippen LogP contribution in [0, 0.1) is 11.7 Å². The van der Waals surface area contributed by atoms with E-state index in [9.17, 15) is 19.2 Å². The number of rotatable bonds is 9. The molecule has 4 amide bonds. The summed E-state index contributed by atoms with van der Waals surface area (Å²) < 4.78 is 30.7. The summed E-state index contributed by atoms with van der Waals surface area (Å²) in [5.41, 5.74) is 3.66. The third kappa shape index (κ3) is 6.69. The second-order valence-corrected chi connectivity index (χ2v) is 14.8. The number of fused-ring (bicyclic) bond motifs is 2. The van der Waals surface area contributed by atoms with Crippen molar-refractivity contribution >= 4 is 51.2 Å². The summed E-state index contributed by atoms with van der Waals surface area (Å²) in [6.45, 7) is 4.62. The lowest BCUT2D eigenvalue weighted by Gasteiger charge is -2.37. The van der Waals surface area contributed by atoms with Gasteiger partial charge in [-0.25, -0.2) is 9.18 Å². The Morgan fingerprint density at radius 1 is 0.946 bits per heavy atom. The van der Waals surface area contributed by atoms with Crippen molar-refractivity contribution in [2.45, 2.75) is 32.2 Å². The van der Waals surface area contributed by atoms with E-state index in [-0.39, 0.29) is 47.6 Å². The number of piperazine rings is 1. The Kier molecular flexibility index (Phi) is 9.86. The zero-order valence-electron chi connectivity index (χ0n) is 31.9. The molecule has 3 aliphatic rings. The van der Waals surface area contributed by atoms with E-state index in [1.807, 2.05) is 28.1 Å². The quantitative estimate of drug-likeness (QED) is 0.228. The first kappa shape index (κ1) is 37.0. The number of nitrogens with one attached hydrogen (secondary N) is 2. The largest absolute Gasteiger partial charge is 0.496 e. The minimum absolute atomic E-state index is 0.122. The summed E-state index contributed by atoms with van der Waals surface area (Å²) in [6.07, 6.45) is 5.64. The SMILES string of the molecule is COc1cc(-c2cn(C)c(=O)c3c2cnn3C)cc(OC)c1CN1CCN(C(=O)CC2CCN(c3ccc4c(N5CCC(=O)NC5=O)n[nH]c4c3F)CC2)CC1. The van der Waals surface area contributed by atoms with E-state index in [2.05, 4.69) is 25.5 Å². The van der Waals surface area contributed by atoms with Gasteiger partial charge in [0, 0.05) is 102 Å². The predicted octanol–water partition coefficient (Wildman–Crippen LogP) is 3.37. The molecule has 0 bridgehead atoms. The summed E-state index contributed by atoms with van der Waals surface area (Å²) in [7, 11) is 6.76. The highest BCUT2D eigenvalue weighted by molar-refractivity contribution is 6.09. The molecule has 16 nitrogen and oxygen atoms in total. The average Bonchev–Trinajstić information content (AvgIpc) is 3.81. The first-order valence-electron chi connectivity index (χ1n) is 18.8. The smallest absolute Gasteiger partial charge is 0.329 e. The molecule has 3 aliphatic heterocycles. The summed E-state index contributed by atoms with van der Waals surface area (Å²) in [5, 5.41) is 14.8. The number of ether oxygens (including phenoxy) is 2. The maximum atomic E-state index is 15.8. The third-order valence-corrected chi connectivity index (χ3v) is 11.5. The van der Waals surface area contributed by atoms with E-state index in [0.29, 0.717) is 80.3 Å². The van der Waals surface area contributed by atoms with Crippen LogP contribution >= 0.6 is 0 Å². The molecule has 5 aromatic rings. The highest BCUT2D eigenvalue weighted by atomic mass is 19.1. The number of benzene rings is 2. The van der Waals surface area contributed by atoms with Gasteiger partial charge in [0.2, 0.25) is 11.8 Å². The van der Waals surface area contributed by atoms with Crippen molar-refractivity contribution in [3.05, 3.63) is 58.4 Å². The number of aromatic amines is 1. The van der Waals surface area contributed by atoms with Crippen LogP contribution in [0.3, 0.4) is 0 Å². The number of hydrogen-bond donors (Lipinski definition) is 2. The zero-order chi connectivity index (χ0) is 39.2. The number of methoxy groups -OCH3 is 2. The van der Waals surface area contributed by atoms with Gasteiger partial charge in [0.15, 0.2) is 11.6 Å². The van der Waals surface area contributed by atoms with Crippen molar-refractivity contribution in [2.75, 3.05) is 69.8 Å². The maximum Gasteiger partial charge on any atom is 0.329 e. The Morgan fingerprint density at radius 3 is 2.34 bits per heavy atom. The second kappa shape index (κ2) is 14.9. The van der Waals surface area contributed by atoms with Crippen LogP contribution in [0.1, 0.15) is 31.2 Å². The van der Waals surface area contributed by atoms with Gasteiger partial charge >= 0.3 is 6.03 Å². The molecule has 3 fully saturated rings. The number of amides is 4. The van der Waals surface area contributed by atoms with Crippen LogP contribution in [0.25, 0.3) is 32.9 Å². The van der Waals surface area contributed by atoms with Crippen molar-refractivity contribution in [3.8, 4) is 22.6 Å². The lowest BCUT2D eigenvalue weighted by Crippen LogP contribution is -2.49. The minimum Gasteiger partial charge on any atom is -0.496 e. The van der Waals surface area contributed by atoms with Gasteiger partial charge in [0.1, 0.15) is 22.5 Å². The first-order valence-corrected chi connectivity index (χ1v) is 18.8. The fourth-order valence-corrected chi connectivity index (χ4v) is 8.28. The molecule has 2 aromatic carbocycles. The number of anilines is 2. The number of piperidine rings is 1. The van der Waals surface area contributed by atoms with Crippen LogP contribution in [0.4, 0.5) is 20.7 Å². The van der Waals surface area contributed by atoms with Gasteiger partial charge in [-0.1, -0.05) is 0 Å². The van der Waals surface area contributed by atoms with Gasteiger partial charge in [-0.15, -0.1) is 0 Å². The number of aromatic nitrogens is 5. The van der Waals surface area contributed by atoms with Gasteiger partial charge < -0.3 is 23.8 Å². The number of aryl methyl sites for hydroxylation is 2. The third-order valence-electron chi connectivity index (χ3n) is 11.5. The van der Waals surface area contributed by atoms with Gasteiger partial charge in [-0.3, -0.25) is 39.3 Å². The summed E-state index contributed by atoms with van der Waals surface area (Å²) in [5.74, 6) is 1.19. The van der Waals surface area contributed by atoms with Crippen molar-refractivity contribution < 1.29 is 28.2 Å². The lowest BCUT2D eigenvalue weighted by atomic mass is 9.92. The number of halogens is 1. The molecular formula is C39H45FN10O6. The maximum absolute atomic E-state index is 15.8. The predicted molar refractivity (Wildman–Crippen MR) is 207 cm³/mol. The Hall–Kier alpha value is -5.97. The molecule has 56 heavy (non-hydrogen) atoms. The number of urea groups is 1. The van der Waals surface area contributed by atoms with E-state index in [1.54, 1.807) is 55.9 Å². The normalized spacial score (nSPS) is 17.3. The number of carbonyl (C=O) groups is 3. The fourth-order valence-electron chi connectivity index (χ4n) is 8.28. The molecule has 0 saturated carbocycles. The van der Waals surface area contributed by atoms with Crippen LogP contribution in [0.15, 0.2) is 41.5 Å². The number of carbonyl (C=O) groups excluding carboxylic acids is 3. The molecule has 8 rings (SSSR count). The molecule has 3 saturated heterocycles. The van der Waals surface area contributed by atoms with Gasteiger partial charge in [0.05, 0.1) is 31.7 Å². The molecule has 3 aromatic heterocycles. The zero-order valence-corrected chi connectivity index (χ0v) is 31.9. The van der Waals surface area contributed by atoms with E-state index >= 15 is 4.39 Å². The number of H-pyrrole nitrogens is 1. The average molecular weight is 769 g/mol. The molecule has 0 atom stereocenters. The molecule has 2 N–H and O–H groups in total. The van der Waals surface area contributed by atoms with Crippen molar-refractivity contribution in [3.63, 3.8) is 0 Å². The molecular weight excluding hydrogens is 723 g/mol. The fraction of sp³-hybridized carbons (Fsp3) is 0.436. The van der Waals surface area contributed by atoms with Crippen LogP contribution in [-0.4, -0.2) is 112 Å². The summed E-state index contributed by atoms with van der Waals surface area (Å²) >= 11 is 0. The number of hydrogen-bond acceptors (Lipinski definition) is 10. The standard InChI is InChI=1S/C39H45FN10O6/c1-45-21-27(26-20-41-46(2)36(26)38(45)53)24-18-30(55-3)28(31(19-24)56-4)22-47-13-15-49(16-14-47)33(52)17-23-7-10-48(11-8-23)29-6-5-25-35(34(29)40)43-44-37(25)50-12-9-32(51)42-39(50)54/h5-6,18-21,23H,7-17,22H2,1-4H3,(H,43,44)(H,42,51,54). The van der Waals surface area contributed by atoms with Gasteiger partial charge in [0.25, 0.3) is 5.56 Å². The molecule has 294 valence electrons. The molecule has 0 unspecified atom stereocenters. The molecule has 0 aliphatic carbocycles. The van der Waals surface area contributed by atoms with E-state index in [4.69, 9.17) is 9.47 Å². The highest BCUT2D eigenvalue weighted by Crippen LogP contribution is 2.38. The highest BCUT2D eigenvalue weighted by Gasteiger charge is 2.31. The van der Waals surface area contributed by atoms with Crippen LogP contribution < -0.4 is 30.1 Å². The van der Waals surface area contributed by atoms with Crippen LogP contribution in [-0.2, 0) is 30.2 Å². The first-order chi connectivity index (χ1) is 27.0. The Labute approximate surface area is 321 Å². The van der Waals surface area contributed by atoms with Gasteiger partial charge in [-0.05, 0) is 48.6 Å². The van der Waals surface area contributed by atoms with Crippen molar-refractivity contribution in [2.24, 2.45) is 20.0 Å². The number of nitrogens with zero attached hydrogens (tertiary/aromatic N) is 8.